The van der Waals surface area contributed by atoms with E-state index in [4.69, 9.17) is 10.6 Å². The van der Waals surface area contributed by atoms with Crippen LogP contribution in [0, 0.1) is 5.92 Å². The standard InChI is InChI=1S/C12H27N3O/c1-4-5-10(2)8-11(14-13)12-9-15(3)6-7-16-12/h10-12,14H,4-9,13H2,1-3H3. The Kier molecular flexibility index (Phi) is 6.28. The van der Waals surface area contributed by atoms with E-state index in [9.17, 15) is 0 Å². The van der Waals surface area contributed by atoms with Crippen LogP contribution in [0.3, 0.4) is 0 Å². The SMILES string of the molecule is CCCC(C)CC(NN)C1CN(C)CCO1. The van der Waals surface area contributed by atoms with Gasteiger partial charge in [-0.05, 0) is 19.4 Å². The van der Waals surface area contributed by atoms with Crippen molar-refractivity contribution >= 4 is 0 Å². The summed E-state index contributed by atoms with van der Waals surface area (Å²) in [6, 6.07) is 0.282. The fourth-order valence-corrected chi connectivity index (χ4v) is 2.43. The van der Waals surface area contributed by atoms with Crippen LogP contribution in [0.4, 0.5) is 0 Å². The Morgan fingerprint density at radius 2 is 2.31 bits per heavy atom. The largest absolute Gasteiger partial charge is 0.374 e. The van der Waals surface area contributed by atoms with Crippen LogP contribution >= 0.6 is 0 Å². The smallest absolute Gasteiger partial charge is 0.0868 e. The predicted molar refractivity (Wildman–Crippen MR) is 67.0 cm³/mol. The molecule has 0 aromatic heterocycles. The lowest BCUT2D eigenvalue weighted by Gasteiger charge is -2.35. The van der Waals surface area contributed by atoms with Gasteiger partial charge in [0.05, 0.1) is 12.7 Å². The summed E-state index contributed by atoms with van der Waals surface area (Å²) in [7, 11) is 2.14. The summed E-state index contributed by atoms with van der Waals surface area (Å²) in [5.74, 6) is 6.36. The molecule has 4 heteroatoms. The first-order valence-electron chi connectivity index (χ1n) is 6.43. The van der Waals surface area contributed by atoms with Crippen LogP contribution in [0.15, 0.2) is 0 Å². The van der Waals surface area contributed by atoms with Crippen LogP contribution in [0.1, 0.15) is 33.1 Å². The molecule has 0 radical (unpaired) electrons. The second kappa shape index (κ2) is 7.22. The lowest BCUT2D eigenvalue weighted by molar-refractivity contribution is -0.0423. The fraction of sp³-hybridized carbons (Fsp3) is 1.00. The molecular weight excluding hydrogens is 202 g/mol. The van der Waals surface area contributed by atoms with Crippen molar-refractivity contribution in [2.75, 3.05) is 26.7 Å². The lowest BCUT2D eigenvalue weighted by Crippen LogP contribution is -2.53. The molecule has 1 fully saturated rings. The number of nitrogens with two attached hydrogens (primary N) is 1. The van der Waals surface area contributed by atoms with Gasteiger partial charge in [0.2, 0.25) is 0 Å². The van der Waals surface area contributed by atoms with E-state index < -0.39 is 0 Å². The summed E-state index contributed by atoms with van der Waals surface area (Å²) in [5, 5.41) is 0. The molecule has 3 atom stereocenters. The first-order valence-corrected chi connectivity index (χ1v) is 6.43. The highest BCUT2D eigenvalue weighted by molar-refractivity contribution is 4.82. The van der Waals surface area contributed by atoms with Crippen molar-refractivity contribution in [3.8, 4) is 0 Å². The maximum absolute atomic E-state index is 5.80. The summed E-state index contributed by atoms with van der Waals surface area (Å²) in [4.78, 5) is 2.31. The Balaban J connectivity index is 2.39. The van der Waals surface area contributed by atoms with Gasteiger partial charge in [-0.1, -0.05) is 26.7 Å². The molecule has 96 valence electrons. The van der Waals surface area contributed by atoms with E-state index in [0.29, 0.717) is 5.92 Å². The van der Waals surface area contributed by atoms with Crippen molar-refractivity contribution in [1.82, 2.24) is 10.3 Å². The number of ether oxygens (including phenoxy) is 1. The second-order valence-corrected chi connectivity index (χ2v) is 5.07. The van der Waals surface area contributed by atoms with Gasteiger partial charge >= 0.3 is 0 Å². The summed E-state index contributed by atoms with van der Waals surface area (Å²) < 4.78 is 5.80. The third kappa shape index (κ3) is 4.37. The molecule has 4 nitrogen and oxygen atoms in total. The van der Waals surface area contributed by atoms with E-state index >= 15 is 0 Å². The minimum Gasteiger partial charge on any atom is -0.374 e. The molecule has 0 aromatic carbocycles. The average Bonchev–Trinajstić information content (AvgIpc) is 2.26. The van der Waals surface area contributed by atoms with Gasteiger partial charge in [-0.25, -0.2) is 0 Å². The van der Waals surface area contributed by atoms with Crippen molar-refractivity contribution in [1.29, 1.82) is 0 Å². The van der Waals surface area contributed by atoms with Crippen LogP contribution in [-0.4, -0.2) is 43.8 Å². The average molecular weight is 229 g/mol. The van der Waals surface area contributed by atoms with E-state index in [1.54, 1.807) is 0 Å². The first kappa shape index (κ1) is 13.9. The maximum Gasteiger partial charge on any atom is 0.0868 e. The summed E-state index contributed by atoms with van der Waals surface area (Å²) in [6.45, 7) is 7.35. The number of hydrogen-bond acceptors (Lipinski definition) is 4. The molecule has 3 N–H and O–H groups in total. The first-order chi connectivity index (χ1) is 7.67. The maximum atomic E-state index is 5.80. The number of rotatable bonds is 6. The molecule has 3 unspecified atom stereocenters. The lowest BCUT2D eigenvalue weighted by atomic mass is 9.94. The van der Waals surface area contributed by atoms with Gasteiger partial charge in [0, 0.05) is 19.1 Å². The molecule has 0 amide bonds. The van der Waals surface area contributed by atoms with Gasteiger partial charge in [0.15, 0.2) is 0 Å². The zero-order chi connectivity index (χ0) is 12.0. The van der Waals surface area contributed by atoms with E-state index in [0.717, 1.165) is 26.1 Å². The third-order valence-electron chi connectivity index (χ3n) is 3.40. The molecule has 0 aromatic rings. The molecule has 0 aliphatic carbocycles. The van der Waals surface area contributed by atoms with Crippen molar-refractivity contribution in [3.63, 3.8) is 0 Å². The van der Waals surface area contributed by atoms with Crippen molar-refractivity contribution < 1.29 is 4.74 Å². The van der Waals surface area contributed by atoms with Crippen LogP contribution in [0.25, 0.3) is 0 Å². The van der Waals surface area contributed by atoms with E-state index in [1.807, 2.05) is 0 Å². The Hall–Kier alpha value is -0.160. The van der Waals surface area contributed by atoms with Crippen molar-refractivity contribution in [2.24, 2.45) is 11.8 Å². The Labute approximate surface area is 99.5 Å². The van der Waals surface area contributed by atoms with Gasteiger partial charge < -0.3 is 9.64 Å². The highest BCUT2D eigenvalue weighted by Crippen LogP contribution is 2.17. The van der Waals surface area contributed by atoms with Gasteiger partial charge in [-0.2, -0.15) is 0 Å². The van der Waals surface area contributed by atoms with Gasteiger partial charge in [0.25, 0.3) is 0 Å². The molecule has 1 aliphatic rings. The molecule has 1 rings (SSSR count). The van der Waals surface area contributed by atoms with E-state index in [-0.39, 0.29) is 12.1 Å². The third-order valence-corrected chi connectivity index (χ3v) is 3.40. The highest BCUT2D eigenvalue weighted by Gasteiger charge is 2.26. The Morgan fingerprint density at radius 1 is 1.56 bits per heavy atom. The van der Waals surface area contributed by atoms with Crippen LogP contribution < -0.4 is 11.3 Å². The molecule has 1 aliphatic heterocycles. The van der Waals surface area contributed by atoms with Crippen LogP contribution in [0.5, 0.6) is 0 Å². The van der Waals surface area contributed by atoms with Crippen molar-refractivity contribution in [3.05, 3.63) is 0 Å². The number of morpholine rings is 1. The number of nitrogens with zero attached hydrogens (tertiary/aromatic N) is 1. The zero-order valence-corrected chi connectivity index (χ0v) is 10.9. The number of likely N-dealkylation sites (N-methyl/N-ethyl adjacent to an activating group) is 1. The normalized spacial score (nSPS) is 26.6. The molecular formula is C12H27N3O. The van der Waals surface area contributed by atoms with Crippen molar-refractivity contribution in [2.45, 2.75) is 45.3 Å². The topological polar surface area (TPSA) is 50.5 Å². The fourth-order valence-electron chi connectivity index (χ4n) is 2.43. The number of hydrogen-bond donors (Lipinski definition) is 2. The number of hydrazine groups is 1. The van der Waals surface area contributed by atoms with Gasteiger partial charge in [-0.15, -0.1) is 0 Å². The molecule has 0 saturated carbocycles. The highest BCUT2D eigenvalue weighted by atomic mass is 16.5. The van der Waals surface area contributed by atoms with E-state index in [1.165, 1.54) is 12.8 Å². The predicted octanol–water partition coefficient (Wildman–Crippen LogP) is 0.975. The molecule has 1 saturated heterocycles. The quantitative estimate of drug-likeness (QED) is 0.526. The molecule has 1 heterocycles. The Morgan fingerprint density at radius 3 is 2.88 bits per heavy atom. The van der Waals surface area contributed by atoms with Gasteiger partial charge in [0.1, 0.15) is 0 Å². The number of nitrogens with one attached hydrogen (secondary N) is 1. The molecule has 0 bridgehead atoms. The Bertz CT molecular complexity index is 189. The summed E-state index contributed by atoms with van der Waals surface area (Å²) >= 11 is 0. The molecule has 16 heavy (non-hydrogen) atoms. The zero-order valence-electron chi connectivity index (χ0n) is 10.9. The summed E-state index contributed by atoms with van der Waals surface area (Å²) in [6.07, 6.45) is 3.84. The summed E-state index contributed by atoms with van der Waals surface area (Å²) in [5.41, 5.74) is 2.93. The minimum atomic E-state index is 0.239. The second-order valence-electron chi connectivity index (χ2n) is 5.07. The van der Waals surface area contributed by atoms with Crippen LogP contribution in [-0.2, 0) is 4.74 Å². The van der Waals surface area contributed by atoms with Gasteiger partial charge in [-0.3, -0.25) is 11.3 Å². The van der Waals surface area contributed by atoms with Crippen LogP contribution in [0.2, 0.25) is 0 Å². The monoisotopic (exact) mass is 229 g/mol. The minimum absolute atomic E-state index is 0.239. The molecule has 0 spiro atoms. The van der Waals surface area contributed by atoms with E-state index in [2.05, 4.69) is 31.2 Å².